The summed E-state index contributed by atoms with van der Waals surface area (Å²) in [6.07, 6.45) is 4.09. The number of aromatic hydroxyl groups is 1. The van der Waals surface area contributed by atoms with Gasteiger partial charge in [0.1, 0.15) is 30.0 Å². The second kappa shape index (κ2) is 7.51. The first-order chi connectivity index (χ1) is 14.0. The molecule has 2 heterocycles. The van der Waals surface area contributed by atoms with E-state index in [2.05, 4.69) is 5.10 Å². The molecule has 0 aliphatic heterocycles. The van der Waals surface area contributed by atoms with Gasteiger partial charge in [0, 0.05) is 12.3 Å². The zero-order chi connectivity index (χ0) is 20.4. The number of phenols is 1. The summed E-state index contributed by atoms with van der Waals surface area (Å²) in [7, 11) is 0. The van der Waals surface area contributed by atoms with Crippen LogP contribution < -0.4 is 10.2 Å². The van der Waals surface area contributed by atoms with Crippen molar-refractivity contribution in [1.82, 2.24) is 9.78 Å². The van der Waals surface area contributed by atoms with Crippen LogP contribution in [0.4, 0.5) is 0 Å². The number of aromatic nitrogens is 2. The van der Waals surface area contributed by atoms with Gasteiger partial charge >= 0.3 is 5.97 Å². The third kappa shape index (κ3) is 3.81. The summed E-state index contributed by atoms with van der Waals surface area (Å²) in [6.45, 7) is 0.636. The summed E-state index contributed by atoms with van der Waals surface area (Å²) >= 11 is 0. The normalized spacial score (nSPS) is 10.9. The van der Waals surface area contributed by atoms with E-state index in [-0.39, 0.29) is 23.3 Å². The van der Waals surface area contributed by atoms with Crippen molar-refractivity contribution in [3.05, 3.63) is 76.9 Å². The van der Waals surface area contributed by atoms with Gasteiger partial charge in [0.25, 0.3) is 0 Å². The van der Waals surface area contributed by atoms with Crippen molar-refractivity contribution in [3.63, 3.8) is 0 Å². The zero-order valence-corrected chi connectivity index (χ0v) is 15.1. The Morgan fingerprint density at radius 3 is 2.69 bits per heavy atom. The van der Waals surface area contributed by atoms with Crippen molar-refractivity contribution in [3.8, 4) is 22.6 Å². The molecule has 0 amide bonds. The Labute approximate surface area is 164 Å². The molecule has 8 heteroatoms. The highest BCUT2D eigenvalue weighted by molar-refractivity contribution is 5.86. The fourth-order valence-corrected chi connectivity index (χ4v) is 2.89. The first kappa shape index (κ1) is 18.3. The average molecular weight is 392 g/mol. The molecule has 4 aromatic rings. The minimum absolute atomic E-state index is 0.113. The van der Waals surface area contributed by atoms with E-state index in [1.165, 1.54) is 35.5 Å². The SMILES string of the molecule is O=C(O)c1cnn(CCOc2ccc3c(=O)c(-c4ccc(O)cc4)coc3c2)c1. The van der Waals surface area contributed by atoms with Crippen molar-refractivity contribution in [2.45, 2.75) is 6.54 Å². The maximum atomic E-state index is 12.8. The van der Waals surface area contributed by atoms with E-state index in [1.54, 1.807) is 30.3 Å². The molecule has 29 heavy (non-hydrogen) atoms. The Kier molecular flexibility index (Phi) is 4.74. The van der Waals surface area contributed by atoms with Crippen molar-refractivity contribution in [2.24, 2.45) is 0 Å². The number of carbonyl (C=O) groups is 1. The van der Waals surface area contributed by atoms with Crippen LogP contribution in [0.3, 0.4) is 0 Å². The van der Waals surface area contributed by atoms with Crippen LogP contribution in [0, 0.1) is 0 Å². The van der Waals surface area contributed by atoms with Crippen LogP contribution in [-0.4, -0.2) is 32.6 Å². The Bertz CT molecular complexity index is 1240. The molecule has 8 nitrogen and oxygen atoms in total. The van der Waals surface area contributed by atoms with Gasteiger partial charge in [-0.3, -0.25) is 9.48 Å². The molecule has 4 rings (SSSR count). The predicted octanol–water partition coefficient (Wildman–Crippen LogP) is 3.14. The first-order valence-electron chi connectivity index (χ1n) is 8.75. The van der Waals surface area contributed by atoms with E-state index < -0.39 is 5.97 Å². The fourth-order valence-electron chi connectivity index (χ4n) is 2.89. The van der Waals surface area contributed by atoms with Gasteiger partial charge < -0.3 is 19.4 Å². The number of phenolic OH excluding ortho intramolecular Hbond substituents is 1. The van der Waals surface area contributed by atoms with Crippen LogP contribution in [-0.2, 0) is 6.54 Å². The third-order valence-electron chi connectivity index (χ3n) is 4.39. The van der Waals surface area contributed by atoms with Gasteiger partial charge in [-0.15, -0.1) is 0 Å². The summed E-state index contributed by atoms with van der Waals surface area (Å²) in [5.41, 5.74) is 1.38. The molecule has 0 spiro atoms. The van der Waals surface area contributed by atoms with Gasteiger partial charge in [-0.2, -0.15) is 5.10 Å². The van der Waals surface area contributed by atoms with Crippen molar-refractivity contribution >= 4 is 16.9 Å². The number of aromatic carboxylic acids is 1. The summed E-state index contributed by atoms with van der Waals surface area (Å²) in [4.78, 5) is 23.6. The minimum atomic E-state index is -1.03. The van der Waals surface area contributed by atoms with Gasteiger partial charge in [-0.05, 0) is 29.8 Å². The van der Waals surface area contributed by atoms with E-state index in [1.807, 2.05) is 0 Å². The highest BCUT2D eigenvalue weighted by Crippen LogP contribution is 2.24. The largest absolute Gasteiger partial charge is 0.508 e. The van der Waals surface area contributed by atoms with Gasteiger partial charge in [-0.1, -0.05) is 12.1 Å². The Hall–Kier alpha value is -4.07. The lowest BCUT2D eigenvalue weighted by atomic mass is 10.1. The van der Waals surface area contributed by atoms with Crippen molar-refractivity contribution in [2.75, 3.05) is 6.61 Å². The second-order valence-corrected chi connectivity index (χ2v) is 6.33. The molecule has 0 fully saturated rings. The van der Waals surface area contributed by atoms with Gasteiger partial charge in [0.05, 0.1) is 29.3 Å². The Morgan fingerprint density at radius 1 is 1.17 bits per heavy atom. The molecule has 0 saturated carbocycles. The van der Waals surface area contributed by atoms with Crippen LogP contribution in [0.2, 0.25) is 0 Å². The quantitative estimate of drug-likeness (QED) is 0.518. The lowest BCUT2D eigenvalue weighted by Crippen LogP contribution is -2.09. The number of fused-ring (bicyclic) bond motifs is 1. The van der Waals surface area contributed by atoms with Crippen LogP contribution in [0.5, 0.6) is 11.5 Å². The fraction of sp³-hybridized carbons (Fsp3) is 0.0952. The molecule has 0 unspecified atom stereocenters. The molecule has 0 saturated heterocycles. The summed E-state index contributed by atoms with van der Waals surface area (Å²) in [5, 5.41) is 22.7. The molecular formula is C21H16N2O6. The molecule has 0 aliphatic rings. The lowest BCUT2D eigenvalue weighted by Gasteiger charge is -2.08. The lowest BCUT2D eigenvalue weighted by molar-refractivity contribution is 0.0696. The Morgan fingerprint density at radius 2 is 1.97 bits per heavy atom. The third-order valence-corrected chi connectivity index (χ3v) is 4.39. The van der Waals surface area contributed by atoms with Crippen LogP contribution in [0.15, 0.2) is 70.3 Å². The summed E-state index contributed by atoms with van der Waals surface area (Å²) < 4.78 is 12.8. The number of carboxylic acid groups (broad SMARTS) is 1. The van der Waals surface area contributed by atoms with Gasteiger partial charge in [-0.25, -0.2) is 4.79 Å². The number of hydrogen-bond acceptors (Lipinski definition) is 6. The number of ether oxygens (including phenoxy) is 1. The molecule has 0 radical (unpaired) electrons. The zero-order valence-electron chi connectivity index (χ0n) is 15.1. The summed E-state index contributed by atoms with van der Waals surface area (Å²) in [6, 6.07) is 11.3. The summed E-state index contributed by atoms with van der Waals surface area (Å²) in [5.74, 6) is -0.396. The van der Waals surface area contributed by atoms with Gasteiger partial charge in [0.2, 0.25) is 0 Å². The molecule has 2 aromatic heterocycles. The average Bonchev–Trinajstić information content (AvgIpc) is 3.18. The second-order valence-electron chi connectivity index (χ2n) is 6.33. The predicted molar refractivity (Wildman–Crippen MR) is 104 cm³/mol. The maximum Gasteiger partial charge on any atom is 0.338 e. The van der Waals surface area contributed by atoms with Crippen LogP contribution in [0.1, 0.15) is 10.4 Å². The molecule has 2 aromatic carbocycles. The van der Waals surface area contributed by atoms with E-state index >= 15 is 0 Å². The van der Waals surface area contributed by atoms with Gasteiger partial charge in [0.15, 0.2) is 5.43 Å². The van der Waals surface area contributed by atoms with Crippen molar-refractivity contribution in [1.29, 1.82) is 0 Å². The molecule has 0 aliphatic carbocycles. The number of carboxylic acids is 1. The first-order valence-corrected chi connectivity index (χ1v) is 8.75. The molecule has 0 atom stereocenters. The van der Waals surface area contributed by atoms with E-state index in [4.69, 9.17) is 14.3 Å². The monoisotopic (exact) mass is 392 g/mol. The van der Waals surface area contributed by atoms with Crippen LogP contribution >= 0.6 is 0 Å². The van der Waals surface area contributed by atoms with E-state index in [0.29, 0.717) is 34.4 Å². The number of rotatable bonds is 6. The number of benzene rings is 2. The molecular weight excluding hydrogens is 376 g/mol. The smallest absolute Gasteiger partial charge is 0.338 e. The number of nitrogens with zero attached hydrogens (tertiary/aromatic N) is 2. The van der Waals surface area contributed by atoms with E-state index in [0.717, 1.165) is 0 Å². The standard InChI is InChI=1S/C21H16N2O6/c24-15-3-1-13(2-4-15)18-12-29-19-9-16(5-6-17(19)20(18)25)28-8-7-23-11-14(10-22-23)21(26)27/h1-6,9-12,24H,7-8H2,(H,26,27). The maximum absolute atomic E-state index is 12.8. The highest BCUT2D eigenvalue weighted by atomic mass is 16.5. The molecule has 146 valence electrons. The molecule has 0 bridgehead atoms. The number of hydrogen-bond donors (Lipinski definition) is 2. The Balaban J connectivity index is 1.50. The van der Waals surface area contributed by atoms with Crippen molar-refractivity contribution < 1.29 is 24.2 Å². The van der Waals surface area contributed by atoms with Crippen LogP contribution in [0.25, 0.3) is 22.1 Å². The minimum Gasteiger partial charge on any atom is -0.508 e. The van der Waals surface area contributed by atoms with E-state index in [9.17, 15) is 14.7 Å². The molecule has 2 N–H and O–H groups in total. The highest BCUT2D eigenvalue weighted by Gasteiger charge is 2.11. The topological polar surface area (TPSA) is 115 Å².